The third kappa shape index (κ3) is 2.64. The molecule has 0 aliphatic carbocycles. The van der Waals surface area contributed by atoms with Gasteiger partial charge in [0.25, 0.3) is 5.91 Å². The van der Waals surface area contributed by atoms with Crippen LogP contribution < -0.4 is 11.1 Å². The van der Waals surface area contributed by atoms with E-state index in [1.807, 2.05) is 0 Å². The molecule has 2 heterocycles. The van der Waals surface area contributed by atoms with Gasteiger partial charge in [-0.25, -0.2) is 4.98 Å². The van der Waals surface area contributed by atoms with Gasteiger partial charge in [-0.2, -0.15) is 5.10 Å². The minimum absolute atomic E-state index is 0.114. The van der Waals surface area contributed by atoms with Crippen molar-refractivity contribution in [2.75, 3.05) is 11.1 Å². The van der Waals surface area contributed by atoms with Gasteiger partial charge in [0.2, 0.25) is 0 Å². The highest BCUT2D eigenvalue weighted by molar-refractivity contribution is 6.35. The van der Waals surface area contributed by atoms with Crippen molar-refractivity contribution in [3.05, 3.63) is 33.3 Å². The Labute approximate surface area is 119 Å². The van der Waals surface area contributed by atoms with Gasteiger partial charge in [-0.3, -0.25) is 9.89 Å². The van der Waals surface area contributed by atoms with Crippen LogP contribution in [0.2, 0.25) is 10.3 Å². The summed E-state index contributed by atoms with van der Waals surface area (Å²) in [7, 11) is 0. The third-order valence-corrected chi connectivity index (χ3v) is 3.06. The molecule has 8 heteroatoms. The van der Waals surface area contributed by atoms with Crippen molar-refractivity contribution in [1.82, 2.24) is 15.2 Å². The monoisotopic (exact) mass is 299 g/mol. The highest BCUT2D eigenvalue weighted by atomic mass is 35.5. The number of anilines is 2. The number of carbonyl (C=O) groups is 1. The van der Waals surface area contributed by atoms with E-state index in [9.17, 15) is 4.79 Å². The Hall–Kier alpha value is -1.79. The third-order valence-electron chi connectivity index (χ3n) is 2.59. The van der Waals surface area contributed by atoms with Crippen molar-refractivity contribution >= 4 is 40.5 Å². The van der Waals surface area contributed by atoms with Crippen molar-refractivity contribution in [1.29, 1.82) is 0 Å². The lowest BCUT2D eigenvalue weighted by atomic mass is 10.2. The number of H-pyrrole nitrogens is 1. The molecule has 19 heavy (non-hydrogen) atoms. The van der Waals surface area contributed by atoms with E-state index in [0.717, 1.165) is 0 Å². The Morgan fingerprint density at radius 3 is 2.63 bits per heavy atom. The van der Waals surface area contributed by atoms with Crippen molar-refractivity contribution in [3.8, 4) is 0 Å². The van der Waals surface area contributed by atoms with Gasteiger partial charge >= 0.3 is 0 Å². The van der Waals surface area contributed by atoms with E-state index in [4.69, 9.17) is 28.9 Å². The van der Waals surface area contributed by atoms with Gasteiger partial charge in [0.15, 0.2) is 10.8 Å². The zero-order valence-electron chi connectivity index (χ0n) is 10.2. The van der Waals surface area contributed by atoms with Crippen LogP contribution in [0, 0.1) is 13.8 Å². The molecule has 0 saturated heterocycles. The normalized spacial score (nSPS) is 10.5. The predicted octanol–water partition coefficient (Wildman–Crippen LogP) is 2.56. The number of halogens is 2. The Morgan fingerprint density at radius 2 is 2.11 bits per heavy atom. The number of nitrogens with zero attached hydrogens (tertiary/aromatic N) is 2. The number of nitrogens with two attached hydrogens (primary N) is 1. The molecule has 100 valence electrons. The summed E-state index contributed by atoms with van der Waals surface area (Å²) in [5, 5.41) is 9.47. The summed E-state index contributed by atoms with van der Waals surface area (Å²) in [4.78, 5) is 15.9. The molecule has 2 aromatic heterocycles. The lowest BCUT2D eigenvalue weighted by Gasteiger charge is -2.09. The first-order valence-electron chi connectivity index (χ1n) is 5.34. The minimum Gasteiger partial charge on any atom is -0.395 e. The summed E-state index contributed by atoms with van der Waals surface area (Å²) in [6, 6.07) is 1.60. The summed E-state index contributed by atoms with van der Waals surface area (Å²) < 4.78 is 0. The fourth-order valence-corrected chi connectivity index (χ4v) is 2.11. The molecule has 6 nitrogen and oxygen atoms in total. The maximum Gasteiger partial charge on any atom is 0.278 e. The Bertz CT molecular complexity index is 630. The van der Waals surface area contributed by atoms with Crippen molar-refractivity contribution < 1.29 is 4.79 Å². The minimum atomic E-state index is -0.462. The largest absolute Gasteiger partial charge is 0.395 e. The number of hydrogen-bond acceptors (Lipinski definition) is 4. The molecule has 0 aliphatic rings. The Morgan fingerprint density at radius 1 is 1.42 bits per heavy atom. The lowest BCUT2D eigenvalue weighted by Crippen LogP contribution is -2.15. The fourth-order valence-electron chi connectivity index (χ4n) is 1.53. The van der Waals surface area contributed by atoms with E-state index in [1.165, 1.54) is 0 Å². The first-order chi connectivity index (χ1) is 8.90. The van der Waals surface area contributed by atoms with E-state index in [0.29, 0.717) is 22.6 Å². The first-order valence-corrected chi connectivity index (χ1v) is 6.10. The van der Waals surface area contributed by atoms with Crippen molar-refractivity contribution in [2.24, 2.45) is 0 Å². The van der Waals surface area contributed by atoms with Gasteiger partial charge in [-0.15, -0.1) is 0 Å². The summed E-state index contributed by atoms with van der Waals surface area (Å²) in [6.45, 7) is 3.48. The number of amides is 1. The number of pyridine rings is 1. The average Bonchev–Trinajstić information content (AvgIpc) is 2.64. The molecule has 0 spiro atoms. The molecule has 0 fully saturated rings. The molecule has 2 rings (SSSR count). The zero-order valence-corrected chi connectivity index (χ0v) is 11.7. The number of aryl methyl sites for hydroxylation is 2. The van der Waals surface area contributed by atoms with Gasteiger partial charge in [-0.05, 0) is 25.5 Å². The quantitative estimate of drug-likeness (QED) is 0.742. The second-order valence-corrected chi connectivity index (χ2v) is 4.74. The Balaban J connectivity index is 2.32. The van der Waals surface area contributed by atoms with E-state index in [1.54, 1.807) is 19.9 Å². The lowest BCUT2D eigenvalue weighted by molar-refractivity contribution is 0.102. The summed E-state index contributed by atoms with van der Waals surface area (Å²) in [6.07, 6.45) is 0. The van der Waals surface area contributed by atoms with Crippen molar-refractivity contribution in [2.45, 2.75) is 13.8 Å². The summed E-state index contributed by atoms with van der Waals surface area (Å²) >= 11 is 11.7. The first kappa shape index (κ1) is 13.6. The fraction of sp³-hybridized carbons (Fsp3) is 0.182. The average molecular weight is 300 g/mol. The van der Waals surface area contributed by atoms with E-state index < -0.39 is 5.91 Å². The van der Waals surface area contributed by atoms with Gasteiger partial charge in [0.05, 0.1) is 17.1 Å². The molecule has 2 aromatic rings. The number of aromatic amines is 1. The molecule has 0 atom stereocenters. The van der Waals surface area contributed by atoms with Crippen LogP contribution in [0.3, 0.4) is 0 Å². The number of aromatic nitrogens is 3. The van der Waals surface area contributed by atoms with Gasteiger partial charge < -0.3 is 11.1 Å². The number of nitrogen functional groups attached to an aromatic ring is 1. The molecule has 0 aromatic carbocycles. The van der Waals surface area contributed by atoms with Crippen LogP contribution in [0.25, 0.3) is 0 Å². The van der Waals surface area contributed by atoms with Crippen LogP contribution >= 0.6 is 23.2 Å². The second kappa shape index (κ2) is 5.07. The van der Waals surface area contributed by atoms with Crippen LogP contribution in [-0.2, 0) is 0 Å². The molecule has 0 aliphatic heterocycles. The topological polar surface area (TPSA) is 96.7 Å². The molecular weight excluding hydrogens is 289 g/mol. The maximum atomic E-state index is 12.0. The number of rotatable bonds is 2. The Kier molecular flexibility index (Phi) is 3.64. The smallest absolute Gasteiger partial charge is 0.278 e. The van der Waals surface area contributed by atoms with E-state index in [-0.39, 0.29) is 16.0 Å². The predicted molar refractivity (Wildman–Crippen MR) is 74.7 cm³/mol. The number of nitrogens with one attached hydrogen (secondary N) is 2. The van der Waals surface area contributed by atoms with E-state index in [2.05, 4.69) is 20.5 Å². The van der Waals surface area contributed by atoms with Crippen LogP contribution in [0.5, 0.6) is 0 Å². The van der Waals surface area contributed by atoms with Crippen LogP contribution in [-0.4, -0.2) is 21.1 Å². The summed E-state index contributed by atoms with van der Waals surface area (Å²) in [5.41, 5.74) is 7.86. The molecule has 4 N–H and O–H groups in total. The molecule has 0 bridgehead atoms. The molecule has 1 amide bonds. The highest BCUT2D eigenvalue weighted by Gasteiger charge is 2.18. The van der Waals surface area contributed by atoms with E-state index >= 15 is 0 Å². The SMILES string of the molecule is Cc1cc(Cl)nc(Cl)c1NC(=O)c1n[nH]c(C)c1N. The standard InChI is InChI=1S/C11H11Cl2N5O/c1-4-3-6(12)15-10(13)8(4)16-11(19)9-7(14)5(2)17-18-9/h3H,14H2,1-2H3,(H,16,19)(H,17,18). The summed E-state index contributed by atoms with van der Waals surface area (Å²) in [5.74, 6) is -0.462. The molecule has 0 unspecified atom stereocenters. The number of hydrogen-bond donors (Lipinski definition) is 3. The van der Waals surface area contributed by atoms with Crippen molar-refractivity contribution in [3.63, 3.8) is 0 Å². The molecule has 0 saturated carbocycles. The zero-order chi connectivity index (χ0) is 14.2. The second-order valence-electron chi connectivity index (χ2n) is 3.99. The van der Waals surface area contributed by atoms with Crippen LogP contribution in [0.4, 0.5) is 11.4 Å². The molecular formula is C11H11Cl2N5O. The van der Waals surface area contributed by atoms with Gasteiger partial charge in [0.1, 0.15) is 5.15 Å². The maximum absolute atomic E-state index is 12.0. The molecule has 0 radical (unpaired) electrons. The van der Waals surface area contributed by atoms with Gasteiger partial charge in [0, 0.05) is 0 Å². The number of carbonyl (C=O) groups excluding carboxylic acids is 1. The van der Waals surface area contributed by atoms with Crippen LogP contribution in [0.1, 0.15) is 21.7 Å². The highest BCUT2D eigenvalue weighted by Crippen LogP contribution is 2.27. The van der Waals surface area contributed by atoms with Gasteiger partial charge in [-0.1, -0.05) is 23.2 Å². The van der Waals surface area contributed by atoms with Crippen LogP contribution in [0.15, 0.2) is 6.07 Å².